The highest BCUT2D eigenvalue weighted by Gasteiger charge is 2.74. The number of hydrogen-bond donors (Lipinski definition) is 0. The second-order valence-electron chi connectivity index (χ2n) is 15.8. The molecule has 0 N–H and O–H groups in total. The number of nitrogens with zero attached hydrogens (tertiary/aromatic N) is 2. The third-order valence-corrected chi connectivity index (χ3v) is 13.7. The third-order valence-electron chi connectivity index (χ3n) is 13.7. The first-order valence-electron chi connectivity index (χ1n) is 17.1. The Kier molecular flexibility index (Phi) is 7.03. The molecule has 7 heteroatoms. The Bertz CT molecular complexity index is 1640. The van der Waals surface area contributed by atoms with Crippen LogP contribution < -0.4 is 11.1 Å². The summed E-state index contributed by atoms with van der Waals surface area (Å²) in [6.45, 7) is 11.4. The van der Waals surface area contributed by atoms with Gasteiger partial charge in [0.05, 0.1) is 28.0 Å². The van der Waals surface area contributed by atoms with Crippen molar-refractivity contribution in [3.8, 4) is 0 Å². The smallest absolute Gasteiger partial charge is 0.274 e. The van der Waals surface area contributed by atoms with E-state index in [4.69, 9.17) is 9.47 Å². The zero-order chi connectivity index (χ0) is 31.2. The molecule has 6 aliphatic rings. The highest BCUT2D eigenvalue weighted by molar-refractivity contribution is 5.81. The number of ether oxygens (including phenoxy) is 2. The quantitative estimate of drug-likeness (QED) is 0.258. The van der Waals surface area contributed by atoms with Crippen molar-refractivity contribution in [2.24, 2.45) is 40.4 Å². The molecule has 1 aromatic carbocycles. The highest BCUT2D eigenvalue weighted by atomic mass is 16.7. The first kappa shape index (κ1) is 30.2. The fourth-order valence-corrected chi connectivity index (χ4v) is 11.6. The molecule has 1 aromatic heterocycles. The molecule has 2 aliphatic heterocycles. The summed E-state index contributed by atoms with van der Waals surface area (Å²) in [5, 5.41) is 1.02. The summed E-state index contributed by atoms with van der Waals surface area (Å²) >= 11 is 0. The summed E-state index contributed by atoms with van der Waals surface area (Å²) in [7, 11) is 1.64. The number of hydrogen-bond acceptors (Lipinski definition) is 5. The van der Waals surface area contributed by atoms with E-state index in [1.165, 1.54) is 0 Å². The van der Waals surface area contributed by atoms with Crippen LogP contribution in [-0.4, -0.2) is 35.2 Å². The monoisotopic (exact) mass is 602 g/mol. The molecule has 9 atom stereocenters. The zero-order valence-electron chi connectivity index (χ0n) is 27.4. The van der Waals surface area contributed by atoms with Crippen LogP contribution in [0.5, 0.6) is 0 Å². The molecule has 7 nitrogen and oxygen atoms in total. The summed E-state index contributed by atoms with van der Waals surface area (Å²) in [5.74, 6) is 1.81. The number of ketones is 1. The molecule has 44 heavy (non-hydrogen) atoms. The lowest BCUT2D eigenvalue weighted by Crippen LogP contribution is -2.78. The van der Waals surface area contributed by atoms with Crippen molar-refractivity contribution < 1.29 is 14.3 Å². The van der Waals surface area contributed by atoms with Gasteiger partial charge in [-0.1, -0.05) is 58.9 Å². The van der Waals surface area contributed by atoms with Gasteiger partial charge in [0.2, 0.25) is 0 Å². The van der Waals surface area contributed by atoms with Crippen LogP contribution in [0.25, 0.3) is 10.8 Å². The molecule has 0 amide bonds. The van der Waals surface area contributed by atoms with E-state index in [1.807, 2.05) is 47.5 Å². The van der Waals surface area contributed by atoms with Gasteiger partial charge in [-0.05, 0) is 86.2 Å². The molecule has 0 radical (unpaired) electrons. The van der Waals surface area contributed by atoms with E-state index in [2.05, 4.69) is 32.9 Å². The summed E-state index contributed by atoms with van der Waals surface area (Å²) in [6, 6.07) is 7.40. The largest absolute Gasteiger partial charge is 0.359 e. The van der Waals surface area contributed by atoms with Crippen LogP contribution in [0.4, 0.5) is 0 Å². The standard InChI is InChI=1S/C37H50N2O5/c1-23(2)29(40)13-11-24(3)28-12-14-30-34(28,4)17-16-31-35(5)18-15-25(44-22-43-6)21-36(35)19-20-37(30,31)39-33(42)27-10-8-7-9-26(27)32(41)38(36)39/h7-10,19-20,23-25,28,30-31H,11-18,21-22H2,1-6H3/t24-,25?,28-,30-,31-,34-,35-,36?,37-/m1/s1. The van der Waals surface area contributed by atoms with Crippen LogP contribution in [-0.2, 0) is 25.3 Å². The fraction of sp³-hybridized carbons (Fsp3) is 0.703. The van der Waals surface area contributed by atoms with Gasteiger partial charge in [-0.15, -0.1) is 0 Å². The SMILES string of the molecule is COCOC1CC[C@]2(C)[C@H]3CC[C@]4(C)[C@@H]([C@H](C)CCC(=O)C(C)C)CC[C@H]4[C@]34C=CC2(C1)n1c(=O)c2ccccc2c(=O)n14. The van der Waals surface area contributed by atoms with Gasteiger partial charge < -0.3 is 9.47 Å². The number of fused-ring (bicyclic) bond motifs is 2. The van der Waals surface area contributed by atoms with Gasteiger partial charge in [0, 0.05) is 31.3 Å². The summed E-state index contributed by atoms with van der Waals surface area (Å²) in [6.07, 6.45) is 13.0. The number of allylic oxidation sites excluding steroid dienone is 2. The maximum Gasteiger partial charge on any atom is 0.274 e. The second kappa shape index (κ2) is 10.2. The van der Waals surface area contributed by atoms with Crippen LogP contribution in [0.2, 0.25) is 0 Å². The van der Waals surface area contributed by atoms with E-state index < -0.39 is 11.1 Å². The lowest BCUT2D eigenvalue weighted by Gasteiger charge is -2.72. The van der Waals surface area contributed by atoms with Gasteiger partial charge in [0.25, 0.3) is 11.1 Å². The minimum Gasteiger partial charge on any atom is -0.359 e. The average molecular weight is 603 g/mol. The Morgan fingerprint density at radius 3 is 2.32 bits per heavy atom. The Morgan fingerprint density at radius 1 is 0.932 bits per heavy atom. The van der Waals surface area contributed by atoms with E-state index in [0.29, 0.717) is 41.2 Å². The number of carbonyl (C=O) groups excluding carboxylic acids is 1. The van der Waals surface area contributed by atoms with E-state index >= 15 is 0 Å². The molecule has 2 unspecified atom stereocenters. The van der Waals surface area contributed by atoms with Crippen LogP contribution in [0.15, 0.2) is 46.0 Å². The minimum absolute atomic E-state index is 0.0135. The number of methoxy groups -OCH3 is 1. The van der Waals surface area contributed by atoms with E-state index in [0.717, 1.165) is 44.9 Å². The number of Topliss-reactive ketones (excluding diaryl/α,β-unsaturated/α-hetero) is 1. The zero-order valence-corrected chi connectivity index (χ0v) is 27.4. The lowest BCUT2D eigenvalue weighted by atomic mass is 9.40. The molecule has 2 aromatic rings. The van der Waals surface area contributed by atoms with Crippen molar-refractivity contribution in [2.45, 2.75) is 110 Å². The Hall–Kier alpha value is -2.51. The van der Waals surface area contributed by atoms with Crippen molar-refractivity contribution in [1.82, 2.24) is 9.36 Å². The topological polar surface area (TPSA) is 79.5 Å². The van der Waals surface area contributed by atoms with Gasteiger partial charge in [-0.3, -0.25) is 14.4 Å². The Morgan fingerprint density at radius 2 is 1.64 bits per heavy atom. The molecule has 2 spiro atoms. The molecule has 3 heterocycles. The average Bonchev–Trinajstić information content (AvgIpc) is 3.38. The summed E-state index contributed by atoms with van der Waals surface area (Å²) in [5.41, 5.74) is -1.50. The van der Waals surface area contributed by atoms with Gasteiger partial charge in [0.15, 0.2) is 0 Å². The highest BCUT2D eigenvalue weighted by Crippen LogP contribution is 2.74. The van der Waals surface area contributed by atoms with Crippen molar-refractivity contribution >= 4 is 16.6 Å². The number of rotatable bonds is 8. The third kappa shape index (κ3) is 3.72. The van der Waals surface area contributed by atoms with Crippen LogP contribution in [0.1, 0.15) is 92.4 Å². The molecular formula is C37H50N2O5. The first-order valence-corrected chi connectivity index (χ1v) is 17.1. The Labute approximate surface area is 261 Å². The molecule has 0 saturated heterocycles. The molecular weight excluding hydrogens is 552 g/mol. The second-order valence-corrected chi connectivity index (χ2v) is 15.8. The molecule has 3 saturated carbocycles. The maximum atomic E-state index is 14.8. The first-order chi connectivity index (χ1) is 21.0. The van der Waals surface area contributed by atoms with Crippen molar-refractivity contribution in [1.29, 1.82) is 0 Å². The Balaban J connectivity index is 1.41. The van der Waals surface area contributed by atoms with E-state index in [9.17, 15) is 14.4 Å². The lowest BCUT2D eigenvalue weighted by molar-refractivity contribution is -0.212. The van der Waals surface area contributed by atoms with Gasteiger partial charge >= 0.3 is 0 Å². The molecule has 3 fully saturated rings. The fourth-order valence-electron chi connectivity index (χ4n) is 11.6. The van der Waals surface area contributed by atoms with Gasteiger partial charge in [-0.25, -0.2) is 9.36 Å². The van der Waals surface area contributed by atoms with E-state index in [-0.39, 0.29) is 52.6 Å². The summed E-state index contributed by atoms with van der Waals surface area (Å²) < 4.78 is 15.4. The van der Waals surface area contributed by atoms with Gasteiger partial charge in [-0.2, -0.15) is 0 Å². The number of carbonyl (C=O) groups is 1. The maximum absolute atomic E-state index is 14.8. The van der Waals surface area contributed by atoms with Crippen LogP contribution >= 0.6 is 0 Å². The normalized spacial score (nSPS) is 39.2. The van der Waals surface area contributed by atoms with Crippen LogP contribution in [0.3, 0.4) is 0 Å². The molecule has 238 valence electrons. The molecule has 4 aliphatic carbocycles. The van der Waals surface area contributed by atoms with Crippen molar-refractivity contribution in [3.05, 3.63) is 57.1 Å². The summed E-state index contributed by atoms with van der Waals surface area (Å²) in [4.78, 5) is 42.1. The van der Waals surface area contributed by atoms with E-state index in [1.54, 1.807) is 7.11 Å². The number of benzene rings is 1. The molecule has 8 rings (SSSR count). The van der Waals surface area contributed by atoms with Crippen molar-refractivity contribution in [3.63, 3.8) is 0 Å². The minimum atomic E-state index is -0.646. The van der Waals surface area contributed by atoms with Crippen molar-refractivity contribution in [2.75, 3.05) is 13.9 Å². The predicted octanol–water partition coefficient (Wildman–Crippen LogP) is 6.40. The van der Waals surface area contributed by atoms with Gasteiger partial charge in [0.1, 0.15) is 12.6 Å². The van der Waals surface area contributed by atoms with Crippen LogP contribution in [0, 0.1) is 40.4 Å². The number of aromatic nitrogens is 2. The predicted molar refractivity (Wildman–Crippen MR) is 172 cm³/mol. The molecule has 2 bridgehead atoms.